The third-order valence-corrected chi connectivity index (χ3v) is 5.31. The molecule has 2 rings (SSSR count). The van der Waals surface area contributed by atoms with E-state index in [1.165, 1.54) is 12.8 Å². The largest absolute Gasteiger partial charge is 0.346 e. The van der Waals surface area contributed by atoms with E-state index < -0.39 is 0 Å². The van der Waals surface area contributed by atoms with Crippen LogP contribution < -0.4 is 5.32 Å². The summed E-state index contributed by atoms with van der Waals surface area (Å²) in [5, 5.41) is 4.01. The third kappa shape index (κ3) is 3.36. The van der Waals surface area contributed by atoms with Crippen molar-refractivity contribution in [2.24, 2.45) is 0 Å². The van der Waals surface area contributed by atoms with E-state index in [0.717, 1.165) is 27.1 Å². The number of benzene rings is 1. The van der Waals surface area contributed by atoms with Crippen LogP contribution in [-0.2, 0) is 0 Å². The highest BCUT2D eigenvalue weighted by Crippen LogP contribution is 2.31. The van der Waals surface area contributed by atoms with Crippen molar-refractivity contribution in [1.82, 2.24) is 5.32 Å². The molecule has 0 spiro atoms. The molecule has 98 valence electrons. The number of carbonyl (C=O) groups is 1. The van der Waals surface area contributed by atoms with E-state index in [1.807, 2.05) is 18.2 Å². The molecule has 0 radical (unpaired) electrons. The van der Waals surface area contributed by atoms with Crippen LogP contribution >= 0.6 is 47.8 Å². The van der Waals surface area contributed by atoms with Crippen molar-refractivity contribution < 1.29 is 4.79 Å². The third-order valence-electron chi connectivity index (χ3n) is 3.32. The van der Waals surface area contributed by atoms with Crippen molar-refractivity contribution in [3.05, 3.63) is 32.7 Å². The molecule has 18 heavy (non-hydrogen) atoms. The van der Waals surface area contributed by atoms with E-state index in [1.54, 1.807) is 0 Å². The Morgan fingerprint density at radius 2 is 1.72 bits per heavy atom. The van der Waals surface area contributed by atoms with E-state index in [9.17, 15) is 4.79 Å². The van der Waals surface area contributed by atoms with Gasteiger partial charge in [0.15, 0.2) is 0 Å². The number of carbonyl (C=O) groups excluding carboxylic acids is 1. The van der Waals surface area contributed by atoms with Crippen LogP contribution in [0.5, 0.6) is 0 Å². The summed E-state index contributed by atoms with van der Waals surface area (Å²) < 4.78 is 1.81. The van der Waals surface area contributed by atoms with Gasteiger partial charge in [-0.2, -0.15) is 0 Å². The Kier molecular flexibility index (Phi) is 4.89. The van der Waals surface area contributed by atoms with Crippen molar-refractivity contribution in [2.45, 2.75) is 31.2 Å². The molecule has 1 amide bonds. The molecule has 0 bridgehead atoms. The Morgan fingerprint density at radius 1 is 1.17 bits per heavy atom. The molecule has 0 aliphatic heterocycles. The summed E-state index contributed by atoms with van der Waals surface area (Å²) in [7, 11) is 0. The zero-order valence-electron chi connectivity index (χ0n) is 9.81. The molecular weight excluding hydrogens is 426 g/mol. The van der Waals surface area contributed by atoms with Gasteiger partial charge in [-0.25, -0.2) is 0 Å². The molecule has 0 heterocycles. The molecule has 5 heteroatoms. The van der Waals surface area contributed by atoms with E-state index in [2.05, 4.69) is 53.1 Å². The standard InChI is InChI=1S/C13H14Br3NO/c14-8-13(3-1-2-4-13)17-12(18)9-5-10(15)7-11(16)6-9/h5-7H,1-4,8H2,(H,17,18). The van der Waals surface area contributed by atoms with Crippen molar-refractivity contribution in [2.75, 3.05) is 5.33 Å². The molecular formula is C13H14Br3NO. The average molecular weight is 440 g/mol. The van der Waals surface area contributed by atoms with Crippen LogP contribution in [0.4, 0.5) is 0 Å². The Hall–Kier alpha value is 0.130. The van der Waals surface area contributed by atoms with Crippen LogP contribution in [0.1, 0.15) is 36.0 Å². The second kappa shape index (κ2) is 6.06. The minimum atomic E-state index is -0.0636. The summed E-state index contributed by atoms with van der Waals surface area (Å²) in [5.41, 5.74) is 0.620. The first-order valence-electron chi connectivity index (χ1n) is 5.89. The average Bonchev–Trinajstić information content (AvgIpc) is 2.77. The fourth-order valence-electron chi connectivity index (χ4n) is 2.34. The number of amides is 1. The second-order valence-electron chi connectivity index (χ2n) is 4.73. The number of rotatable bonds is 3. The van der Waals surface area contributed by atoms with Gasteiger partial charge in [-0.1, -0.05) is 60.6 Å². The molecule has 0 atom stereocenters. The quantitative estimate of drug-likeness (QED) is 0.682. The monoisotopic (exact) mass is 437 g/mol. The fourth-order valence-corrected chi connectivity index (χ4v) is 4.34. The van der Waals surface area contributed by atoms with Gasteiger partial charge in [0.05, 0.1) is 5.54 Å². The molecule has 0 saturated heterocycles. The van der Waals surface area contributed by atoms with Gasteiger partial charge in [0, 0.05) is 19.8 Å². The van der Waals surface area contributed by atoms with Gasteiger partial charge >= 0.3 is 0 Å². The summed E-state index contributed by atoms with van der Waals surface area (Å²) in [4.78, 5) is 12.3. The number of nitrogens with one attached hydrogen (secondary N) is 1. The van der Waals surface area contributed by atoms with Crippen molar-refractivity contribution in [3.63, 3.8) is 0 Å². The first kappa shape index (κ1) is 14.5. The van der Waals surface area contributed by atoms with Gasteiger partial charge in [-0.3, -0.25) is 4.79 Å². The van der Waals surface area contributed by atoms with Crippen LogP contribution in [0.2, 0.25) is 0 Å². The molecule has 0 aromatic heterocycles. The first-order valence-corrected chi connectivity index (χ1v) is 8.60. The van der Waals surface area contributed by atoms with Crippen LogP contribution in [0.3, 0.4) is 0 Å². The lowest BCUT2D eigenvalue weighted by atomic mass is 10.00. The lowest BCUT2D eigenvalue weighted by Gasteiger charge is -2.28. The SMILES string of the molecule is O=C(NC1(CBr)CCCC1)c1cc(Br)cc(Br)c1. The topological polar surface area (TPSA) is 29.1 Å². The maximum Gasteiger partial charge on any atom is 0.251 e. The summed E-state index contributed by atoms with van der Waals surface area (Å²) in [6.45, 7) is 0. The normalized spacial score (nSPS) is 17.7. The molecule has 1 aromatic rings. The molecule has 2 nitrogen and oxygen atoms in total. The predicted octanol–water partition coefficient (Wildman–Crippen LogP) is 4.65. The summed E-state index contributed by atoms with van der Waals surface area (Å²) in [6, 6.07) is 5.61. The highest BCUT2D eigenvalue weighted by Gasteiger charge is 2.34. The summed E-state index contributed by atoms with van der Waals surface area (Å²) >= 11 is 10.3. The molecule has 1 N–H and O–H groups in total. The van der Waals surface area contributed by atoms with Crippen LogP contribution in [0.15, 0.2) is 27.1 Å². The summed E-state index contributed by atoms with van der Waals surface area (Å²) in [6.07, 6.45) is 4.49. The maximum absolute atomic E-state index is 12.3. The fraction of sp³-hybridized carbons (Fsp3) is 0.462. The lowest BCUT2D eigenvalue weighted by Crippen LogP contribution is -2.47. The van der Waals surface area contributed by atoms with Gasteiger partial charge < -0.3 is 5.32 Å². The highest BCUT2D eigenvalue weighted by atomic mass is 79.9. The zero-order valence-corrected chi connectivity index (χ0v) is 14.6. The van der Waals surface area contributed by atoms with Crippen LogP contribution in [0.25, 0.3) is 0 Å². The molecule has 1 aliphatic carbocycles. The number of hydrogen-bond donors (Lipinski definition) is 1. The van der Waals surface area contributed by atoms with Gasteiger partial charge in [-0.15, -0.1) is 0 Å². The van der Waals surface area contributed by atoms with E-state index >= 15 is 0 Å². The Bertz CT molecular complexity index is 435. The first-order chi connectivity index (χ1) is 8.54. The Labute approximate surface area is 132 Å². The van der Waals surface area contributed by atoms with Crippen molar-refractivity contribution in [3.8, 4) is 0 Å². The van der Waals surface area contributed by atoms with E-state index in [-0.39, 0.29) is 11.4 Å². The van der Waals surface area contributed by atoms with Crippen LogP contribution in [0, 0.1) is 0 Å². The van der Waals surface area contributed by atoms with Gasteiger partial charge in [-0.05, 0) is 31.0 Å². The second-order valence-corrected chi connectivity index (χ2v) is 7.13. The van der Waals surface area contributed by atoms with Crippen molar-refractivity contribution >= 4 is 53.7 Å². The summed E-state index contributed by atoms with van der Waals surface area (Å²) in [5.74, 6) is -0.00153. The van der Waals surface area contributed by atoms with Crippen LogP contribution in [-0.4, -0.2) is 16.8 Å². The number of alkyl halides is 1. The molecule has 1 saturated carbocycles. The van der Waals surface area contributed by atoms with Gasteiger partial charge in [0.25, 0.3) is 5.91 Å². The van der Waals surface area contributed by atoms with Gasteiger partial charge in [0.2, 0.25) is 0 Å². The minimum Gasteiger partial charge on any atom is -0.346 e. The Morgan fingerprint density at radius 3 is 2.22 bits per heavy atom. The van der Waals surface area contributed by atoms with Gasteiger partial charge in [0.1, 0.15) is 0 Å². The smallest absolute Gasteiger partial charge is 0.251 e. The predicted molar refractivity (Wildman–Crippen MR) is 84.3 cm³/mol. The highest BCUT2D eigenvalue weighted by molar-refractivity contribution is 9.11. The molecule has 1 aromatic carbocycles. The molecule has 0 unspecified atom stereocenters. The van der Waals surface area contributed by atoms with E-state index in [4.69, 9.17) is 0 Å². The maximum atomic E-state index is 12.3. The minimum absolute atomic E-state index is 0.00153. The molecule has 1 fully saturated rings. The zero-order chi connectivity index (χ0) is 13.2. The lowest BCUT2D eigenvalue weighted by molar-refractivity contribution is 0.0910. The van der Waals surface area contributed by atoms with Crippen molar-refractivity contribution in [1.29, 1.82) is 0 Å². The molecule has 1 aliphatic rings. The number of hydrogen-bond acceptors (Lipinski definition) is 1. The number of halogens is 3. The Balaban J connectivity index is 2.16. The van der Waals surface area contributed by atoms with E-state index in [0.29, 0.717) is 5.56 Å².